The van der Waals surface area contributed by atoms with Gasteiger partial charge in [-0.3, -0.25) is 4.79 Å². The zero-order valence-corrected chi connectivity index (χ0v) is 13.3. The minimum Gasteiger partial charge on any atom is -0.292 e. The summed E-state index contributed by atoms with van der Waals surface area (Å²) in [6.45, 7) is 0. The molecule has 6 heteroatoms. The van der Waals surface area contributed by atoms with Crippen molar-refractivity contribution >= 4 is 40.0 Å². The van der Waals surface area contributed by atoms with Gasteiger partial charge in [-0.05, 0) is 40.8 Å². The Morgan fingerprint density at radius 1 is 1.24 bits per heavy atom. The van der Waals surface area contributed by atoms with Crippen molar-refractivity contribution in [3.05, 3.63) is 67.8 Å². The number of hydrogen-bond donors (Lipinski definition) is 0. The fourth-order valence-electron chi connectivity index (χ4n) is 1.82. The van der Waals surface area contributed by atoms with Crippen LogP contribution >= 0.6 is 34.2 Å². The second-order valence-corrected chi connectivity index (χ2v) is 5.79. The molecule has 0 aliphatic carbocycles. The highest BCUT2D eigenvalue weighted by Crippen LogP contribution is 2.26. The highest BCUT2D eigenvalue weighted by atomic mass is 127. The fraction of sp³-hybridized carbons (Fsp3) is 0.0667. The Balaban J connectivity index is 2.43. The van der Waals surface area contributed by atoms with Gasteiger partial charge in [0.1, 0.15) is 17.6 Å². The highest BCUT2D eigenvalue weighted by molar-refractivity contribution is 14.1. The molecule has 0 bridgehead atoms. The summed E-state index contributed by atoms with van der Waals surface area (Å²) in [4.78, 5) is 12.3. The Kier molecular flexibility index (Phi) is 4.91. The maximum absolute atomic E-state index is 13.7. The van der Waals surface area contributed by atoms with Crippen LogP contribution in [0.3, 0.4) is 0 Å². The van der Waals surface area contributed by atoms with Crippen molar-refractivity contribution in [1.29, 1.82) is 5.26 Å². The maximum atomic E-state index is 13.7. The Morgan fingerprint density at radius 3 is 2.52 bits per heavy atom. The van der Waals surface area contributed by atoms with Gasteiger partial charge in [0.2, 0.25) is 0 Å². The molecule has 0 aliphatic rings. The number of Topliss-reactive ketones (excluding diaryl/α,β-unsaturated/α-hetero) is 1. The van der Waals surface area contributed by atoms with Gasteiger partial charge in [-0.15, -0.1) is 0 Å². The van der Waals surface area contributed by atoms with Gasteiger partial charge in [0, 0.05) is 20.8 Å². The van der Waals surface area contributed by atoms with Crippen molar-refractivity contribution in [1.82, 2.24) is 0 Å². The largest absolute Gasteiger partial charge is 0.292 e. The molecule has 2 rings (SSSR count). The minimum absolute atomic E-state index is 0.154. The molecule has 0 fully saturated rings. The number of halogens is 4. The van der Waals surface area contributed by atoms with E-state index in [0.717, 1.165) is 15.7 Å². The summed E-state index contributed by atoms with van der Waals surface area (Å²) in [5.74, 6) is -3.62. The Bertz CT molecular complexity index is 758. The summed E-state index contributed by atoms with van der Waals surface area (Å²) < 4.78 is 27.4. The van der Waals surface area contributed by atoms with Crippen LogP contribution in [-0.4, -0.2) is 5.78 Å². The Hall–Kier alpha value is -1.52. The Morgan fingerprint density at radius 2 is 1.95 bits per heavy atom. The van der Waals surface area contributed by atoms with Gasteiger partial charge in [0.25, 0.3) is 0 Å². The predicted octanol–water partition coefficient (Wildman–Crippen LogP) is 4.71. The lowest BCUT2D eigenvalue weighted by atomic mass is 9.91. The molecular formula is C15H7ClF2INO. The van der Waals surface area contributed by atoms with E-state index in [9.17, 15) is 13.6 Å². The van der Waals surface area contributed by atoms with Gasteiger partial charge in [0.15, 0.2) is 5.78 Å². The first-order chi connectivity index (χ1) is 9.93. The van der Waals surface area contributed by atoms with Crippen LogP contribution in [-0.2, 0) is 0 Å². The molecule has 2 aromatic carbocycles. The second kappa shape index (κ2) is 6.50. The lowest BCUT2D eigenvalue weighted by molar-refractivity contribution is 0.0977. The number of nitriles is 1. The number of carbonyl (C=O) groups excluding carboxylic acids is 1. The lowest BCUT2D eigenvalue weighted by Gasteiger charge is -2.10. The molecule has 2 nitrogen and oxygen atoms in total. The Labute approximate surface area is 138 Å². The number of benzene rings is 2. The molecule has 106 valence electrons. The molecule has 0 saturated heterocycles. The van der Waals surface area contributed by atoms with Gasteiger partial charge in [-0.1, -0.05) is 23.7 Å². The van der Waals surface area contributed by atoms with E-state index in [0.29, 0.717) is 11.1 Å². The number of carbonyl (C=O) groups is 1. The molecule has 0 aliphatic heterocycles. The zero-order chi connectivity index (χ0) is 15.6. The van der Waals surface area contributed by atoms with E-state index >= 15 is 0 Å². The van der Waals surface area contributed by atoms with Crippen molar-refractivity contribution in [2.24, 2.45) is 0 Å². The smallest absolute Gasteiger partial charge is 0.184 e. The van der Waals surface area contributed by atoms with Crippen LogP contribution in [0.1, 0.15) is 21.8 Å². The molecule has 0 saturated carbocycles. The third-order valence-corrected chi connectivity index (χ3v) is 4.44. The van der Waals surface area contributed by atoms with E-state index in [-0.39, 0.29) is 11.1 Å². The first kappa shape index (κ1) is 15.9. The summed E-state index contributed by atoms with van der Waals surface area (Å²) in [5.41, 5.74) is 0.0502. The van der Waals surface area contributed by atoms with E-state index in [1.807, 2.05) is 22.6 Å². The van der Waals surface area contributed by atoms with Crippen LogP contribution in [0.5, 0.6) is 0 Å². The van der Waals surface area contributed by atoms with Crippen molar-refractivity contribution in [2.45, 2.75) is 5.92 Å². The first-order valence-corrected chi connectivity index (χ1v) is 7.23. The van der Waals surface area contributed by atoms with Gasteiger partial charge < -0.3 is 0 Å². The van der Waals surface area contributed by atoms with Gasteiger partial charge in [-0.2, -0.15) is 5.26 Å². The molecule has 21 heavy (non-hydrogen) atoms. The second-order valence-electron chi connectivity index (χ2n) is 4.22. The molecule has 1 atom stereocenters. The van der Waals surface area contributed by atoms with Crippen molar-refractivity contribution < 1.29 is 13.6 Å². The molecule has 0 amide bonds. The third kappa shape index (κ3) is 3.39. The van der Waals surface area contributed by atoms with Gasteiger partial charge in [0.05, 0.1) is 11.1 Å². The van der Waals surface area contributed by atoms with E-state index in [4.69, 9.17) is 16.9 Å². The zero-order valence-electron chi connectivity index (χ0n) is 10.4. The minimum atomic E-state index is -1.35. The maximum Gasteiger partial charge on any atom is 0.184 e. The van der Waals surface area contributed by atoms with Crippen LogP contribution in [0.15, 0.2) is 36.4 Å². The van der Waals surface area contributed by atoms with E-state index in [2.05, 4.69) is 0 Å². The third-order valence-electron chi connectivity index (χ3n) is 2.87. The fourth-order valence-corrected chi connectivity index (χ4v) is 2.34. The van der Waals surface area contributed by atoms with Crippen LogP contribution in [0.2, 0.25) is 5.02 Å². The van der Waals surface area contributed by atoms with Gasteiger partial charge in [-0.25, -0.2) is 8.78 Å². The van der Waals surface area contributed by atoms with Crippen LogP contribution in [0, 0.1) is 26.5 Å². The summed E-state index contributed by atoms with van der Waals surface area (Å²) >= 11 is 7.94. The van der Waals surface area contributed by atoms with Gasteiger partial charge >= 0.3 is 0 Å². The summed E-state index contributed by atoms with van der Waals surface area (Å²) in [6.07, 6.45) is 0. The average molecular weight is 418 g/mol. The normalized spacial score (nSPS) is 11.8. The van der Waals surface area contributed by atoms with Crippen molar-refractivity contribution in [3.63, 3.8) is 0 Å². The number of ketones is 1. The molecule has 0 N–H and O–H groups in total. The molecular weight excluding hydrogens is 411 g/mol. The van der Waals surface area contributed by atoms with Crippen LogP contribution in [0.4, 0.5) is 8.78 Å². The summed E-state index contributed by atoms with van der Waals surface area (Å²) in [7, 11) is 0. The standard InChI is InChI=1S/C15H7ClF2INO/c16-12-5-8(1-4-14(12)19)15(21)11(7-20)10-3-2-9(17)6-13(10)18/h1-6,11H. The number of hydrogen-bond acceptors (Lipinski definition) is 2. The molecule has 0 heterocycles. The predicted molar refractivity (Wildman–Crippen MR) is 83.2 cm³/mol. The molecule has 0 spiro atoms. The SMILES string of the molecule is N#CC(C(=O)c1ccc(I)c(Cl)c1)c1ccc(F)cc1F. The van der Waals surface area contributed by atoms with Crippen LogP contribution < -0.4 is 0 Å². The monoisotopic (exact) mass is 417 g/mol. The van der Waals surface area contributed by atoms with E-state index < -0.39 is 23.3 Å². The topological polar surface area (TPSA) is 40.9 Å². The summed E-state index contributed by atoms with van der Waals surface area (Å²) in [5, 5.41) is 9.54. The molecule has 0 radical (unpaired) electrons. The van der Waals surface area contributed by atoms with Crippen LogP contribution in [0.25, 0.3) is 0 Å². The first-order valence-electron chi connectivity index (χ1n) is 5.78. The van der Waals surface area contributed by atoms with E-state index in [1.165, 1.54) is 12.1 Å². The van der Waals surface area contributed by atoms with Crippen molar-refractivity contribution in [3.8, 4) is 6.07 Å². The lowest BCUT2D eigenvalue weighted by Crippen LogP contribution is -2.13. The summed E-state index contributed by atoms with van der Waals surface area (Å²) in [6, 6.07) is 9.09. The number of rotatable bonds is 3. The van der Waals surface area contributed by atoms with E-state index in [1.54, 1.807) is 12.1 Å². The molecule has 1 unspecified atom stereocenters. The average Bonchev–Trinajstić information content (AvgIpc) is 2.44. The molecule has 2 aromatic rings. The molecule has 0 aromatic heterocycles. The quantitative estimate of drug-likeness (QED) is 0.536. The highest BCUT2D eigenvalue weighted by Gasteiger charge is 2.25. The number of nitrogens with zero attached hydrogens (tertiary/aromatic N) is 1. The van der Waals surface area contributed by atoms with Crippen molar-refractivity contribution in [2.75, 3.05) is 0 Å².